The molecule has 2 aliphatic heterocycles. The number of nitrogens with zero attached hydrogens (tertiary/aromatic N) is 4. The third kappa shape index (κ3) is 3.95. The minimum Gasteiger partial charge on any atom is -0.338 e. The van der Waals surface area contributed by atoms with Crippen LogP contribution in [0.5, 0.6) is 0 Å². The standard InChI is InChI=1S/C21H25ClN4O/c1-23-9-11-24(12-10-23)16-21(27)26-14-13-25(18-6-4-5-17(22)15-18)19-7-2-3-8-20(19)26/h2-8,15H,9-14,16H2,1H3. The van der Waals surface area contributed by atoms with Crippen molar-refractivity contribution in [1.82, 2.24) is 9.80 Å². The highest BCUT2D eigenvalue weighted by molar-refractivity contribution is 6.30. The van der Waals surface area contributed by atoms with Gasteiger partial charge in [-0.3, -0.25) is 9.69 Å². The maximum atomic E-state index is 13.0. The Hall–Kier alpha value is -2.08. The second-order valence-electron chi connectivity index (χ2n) is 7.25. The largest absolute Gasteiger partial charge is 0.338 e. The number of fused-ring (bicyclic) bond motifs is 1. The van der Waals surface area contributed by atoms with E-state index in [-0.39, 0.29) is 5.91 Å². The van der Waals surface area contributed by atoms with Gasteiger partial charge in [0, 0.05) is 50.0 Å². The van der Waals surface area contributed by atoms with Gasteiger partial charge >= 0.3 is 0 Å². The Balaban J connectivity index is 1.55. The number of hydrogen-bond donors (Lipinski definition) is 0. The van der Waals surface area contributed by atoms with Gasteiger partial charge in [0.25, 0.3) is 0 Å². The minimum absolute atomic E-state index is 0.178. The van der Waals surface area contributed by atoms with Crippen molar-refractivity contribution in [3.05, 3.63) is 53.6 Å². The molecule has 0 radical (unpaired) electrons. The first-order valence-electron chi connectivity index (χ1n) is 9.45. The van der Waals surface area contributed by atoms with Crippen molar-refractivity contribution in [2.45, 2.75) is 0 Å². The molecule has 6 heteroatoms. The number of halogens is 1. The maximum absolute atomic E-state index is 13.0. The van der Waals surface area contributed by atoms with Crippen LogP contribution in [0.2, 0.25) is 5.02 Å². The van der Waals surface area contributed by atoms with Gasteiger partial charge in [0.05, 0.1) is 17.9 Å². The van der Waals surface area contributed by atoms with Gasteiger partial charge in [0.1, 0.15) is 0 Å². The molecule has 0 atom stereocenters. The van der Waals surface area contributed by atoms with Gasteiger partial charge in [0.2, 0.25) is 5.91 Å². The lowest BCUT2D eigenvalue weighted by atomic mass is 10.1. The van der Waals surface area contributed by atoms with Crippen LogP contribution >= 0.6 is 11.6 Å². The number of rotatable bonds is 3. The zero-order valence-electron chi connectivity index (χ0n) is 15.6. The number of hydrogen-bond acceptors (Lipinski definition) is 4. The number of anilines is 3. The molecule has 5 nitrogen and oxygen atoms in total. The Morgan fingerprint density at radius 2 is 1.67 bits per heavy atom. The van der Waals surface area contributed by atoms with Crippen LogP contribution < -0.4 is 9.80 Å². The molecule has 2 aliphatic rings. The van der Waals surface area contributed by atoms with Gasteiger partial charge in [0.15, 0.2) is 0 Å². The highest BCUT2D eigenvalue weighted by Crippen LogP contribution is 2.38. The maximum Gasteiger partial charge on any atom is 0.241 e. The van der Waals surface area contributed by atoms with E-state index in [1.165, 1.54) is 0 Å². The van der Waals surface area contributed by atoms with Crippen LogP contribution in [-0.2, 0) is 4.79 Å². The average Bonchev–Trinajstić information content (AvgIpc) is 2.69. The number of likely N-dealkylation sites (N-methyl/N-ethyl adjacent to an activating group) is 1. The first-order valence-corrected chi connectivity index (χ1v) is 9.83. The van der Waals surface area contributed by atoms with Crippen molar-refractivity contribution < 1.29 is 4.79 Å². The predicted molar refractivity (Wildman–Crippen MR) is 111 cm³/mol. The van der Waals surface area contributed by atoms with Crippen LogP contribution in [0.4, 0.5) is 17.1 Å². The molecule has 142 valence electrons. The van der Waals surface area contributed by atoms with E-state index < -0.39 is 0 Å². The van der Waals surface area contributed by atoms with Crippen molar-refractivity contribution >= 4 is 34.6 Å². The first kappa shape index (κ1) is 18.3. The van der Waals surface area contributed by atoms with Crippen LogP contribution in [0.1, 0.15) is 0 Å². The van der Waals surface area contributed by atoms with Gasteiger partial charge in [-0.1, -0.05) is 29.8 Å². The Morgan fingerprint density at radius 1 is 0.926 bits per heavy atom. The quantitative estimate of drug-likeness (QED) is 0.813. The summed E-state index contributed by atoms with van der Waals surface area (Å²) in [5.74, 6) is 0.178. The summed E-state index contributed by atoms with van der Waals surface area (Å²) in [6.45, 7) is 5.86. The van der Waals surface area contributed by atoms with E-state index in [2.05, 4.69) is 33.9 Å². The highest BCUT2D eigenvalue weighted by Gasteiger charge is 2.28. The molecule has 0 saturated carbocycles. The van der Waals surface area contributed by atoms with Gasteiger partial charge in [-0.2, -0.15) is 0 Å². The van der Waals surface area contributed by atoms with E-state index in [0.717, 1.165) is 54.8 Å². The molecule has 2 aromatic rings. The fourth-order valence-corrected chi connectivity index (χ4v) is 4.00. The molecule has 0 aromatic heterocycles. The van der Waals surface area contributed by atoms with E-state index in [1.807, 2.05) is 41.3 Å². The van der Waals surface area contributed by atoms with E-state index >= 15 is 0 Å². The Morgan fingerprint density at radius 3 is 2.41 bits per heavy atom. The average molecular weight is 385 g/mol. The molecule has 0 spiro atoms. The third-order valence-corrected chi connectivity index (χ3v) is 5.62. The fraction of sp³-hybridized carbons (Fsp3) is 0.381. The van der Waals surface area contributed by atoms with E-state index in [0.29, 0.717) is 13.1 Å². The summed E-state index contributed by atoms with van der Waals surface area (Å²) in [4.78, 5) is 21.8. The number of piperazine rings is 1. The van der Waals surface area contributed by atoms with E-state index in [9.17, 15) is 4.79 Å². The van der Waals surface area contributed by atoms with Crippen LogP contribution in [0, 0.1) is 0 Å². The molecule has 0 N–H and O–H groups in total. The predicted octanol–water partition coefficient (Wildman–Crippen LogP) is 3.07. The lowest BCUT2D eigenvalue weighted by Gasteiger charge is -2.39. The summed E-state index contributed by atoms with van der Waals surface area (Å²) in [5, 5.41) is 0.721. The van der Waals surface area contributed by atoms with E-state index in [1.54, 1.807) is 0 Å². The van der Waals surface area contributed by atoms with Crippen molar-refractivity contribution in [3.63, 3.8) is 0 Å². The molecule has 2 heterocycles. The fourth-order valence-electron chi connectivity index (χ4n) is 3.82. The number of carbonyl (C=O) groups excluding carboxylic acids is 1. The normalized spacial score (nSPS) is 18.4. The number of benzene rings is 2. The van der Waals surface area contributed by atoms with Crippen LogP contribution in [0.25, 0.3) is 0 Å². The van der Waals surface area contributed by atoms with Crippen molar-refractivity contribution in [1.29, 1.82) is 0 Å². The summed E-state index contributed by atoms with van der Waals surface area (Å²) >= 11 is 6.19. The van der Waals surface area contributed by atoms with Crippen LogP contribution in [-0.4, -0.2) is 68.6 Å². The lowest BCUT2D eigenvalue weighted by molar-refractivity contribution is -0.120. The summed E-state index contributed by atoms with van der Waals surface area (Å²) in [6.07, 6.45) is 0. The summed E-state index contributed by atoms with van der Waals surface area (Å²) < 4.78 is 0. The lowest BCUT2D eigenvalue weighted by Crippen LogP contribution is -2.51. The number of carbonyl (C=O) groups is 1. The zero-order valence-corrected chi connectivity index (χ0v) is 16.4. The molecule has 0 bridgehead atoms. The molecule has 4 rings (SSSR count). The van der Waals surface area contributed by atoms with Crippen molar-refractivity contribution in [2.75, 3.05) is 62.7 Å². The molecule has 0 unspecified atom stereocenters. The van der Waals surface area contributed by atoms with Gasteiger partial charge < -0.3 is 14.7 Å². The van der Waals surface area contributed by atoms with Gasteiger partial charge in [-0.15, -0.1) is 0 Å². The van der Waals surface area contributed by atoms with Gasteiger partial charge in [-0.05, 0) is 37.4 Å². The SMILES string of the molecule is CN1CCN(CC(=O)N2CCN(c3cccc(Cl)c3)c3ccccc32)CC1. The molecule has 0 aliphatic carbocycles. The molecular formula is C21H25ClN4O. The molecule has 1 amide bonds. The minimum atomic E-state index is 0.178. The van der Waals surface area contributed by atoms with Crippen molar-refractivity contribution in [3.8, 4) is 0 Å². The second-order valence-corrected chi connectivity index (χ2v) is 7.68. The summed E-state index contributed by atoms with van der Waals surface area (Å²) in [7, 11) is 2.13. The Kier molecular flexibility index (Phi) is 5.34. The number of amides is 1. The molecular weight excluding hydrogens is 360 g/mol. The monoisotopic (exact) mass is 384 g/mol. The van der Waals surface area contributed by atoms with E-state index in [4.69, 9.17) is 11.6 Å². The topological polar surface area (TPSA) is 30.0 Å². The zero-order chi connectivity index (χ0) is 18.8. The molecule has 2 aromatic carbocycles. The second kappa shape index (κ2) is 7.89. The Bertz CT molecular complexity index is 819. The summed E-state index contributed by atoms with van der Waals surface area (Å²) in [5.41, 5.74) is 3.08. The summed E-state index contributed by atoms with van der Waals surface area (Å²) in [6, 6.07) is 16.0. The Labute approximate surface area is 165 Å². The first-order chi connectivity index (χ1) is 13.1. The molecule has 27 heavy (non-hydrogen) atoms. The molecule has 1 fully saturated rings. The van der Waals surface area contributed by atoms with Crippen molar-refractivity contribution in [2.24, 2.45) is 0 Å². The third-order valence-electron chi connectivity index (χ3n) is 5.39. The molecule has 1 saturated heterocycles. The van der Waals surface area contributed by atoms with Crippen LogP contribution in [0.3, 0.4) is 0 Å². The highest BCUT2D eigenvalue weighted by atomic mass is 35.5. The smallest absolute Gasteiger partial charge is 0.241 e. The van der Waals surface area contributed by atoms with Crippen LogP contribution in [0.15, 0.2) is 48.5 Å². The number of para-hydroxylation sites is 2. The van der Waals surface area contributed by atoms with Gasteiger partial charge in [-0.25, -0.2) is 0 Å².